The van der Waals surface area contributed by atoms with Gasteiger partial charge in [0.1, 0.15) is 0 Å². The second kappa shape index (κ2) is 7.08. The van der Waals surface area contributed by atoms with Crippen LogP contribution in [0.3, 0.4) is 0 Å². The Bertz CT molecular complexity index is 459. The number of amides is 1. The summed E-state index contributed by atoms with van der Waals surface area (Å²) in [6.45, 7) is 8.32. The zero-order valence-corrected chi connectivity index (χ0v) is 13.5. The van der Waals surface area contributed by atoms with Gasteiger partial charge in [-0.15, -0.1) is 0 Å². The highest BCUT2D eigenvalue weighted by Crippen LogP contribution is 2.33. The summed E-state index contributed by atoms with van der Waals surface area (Å²) >= 11 is 0. The number of carbonyl (C=O) groups excluding carboxylic acids is 1. The zero-order valence-electron chi connectivity index (χ0n) is 13.5. The molecule has 1 aliphatic rings. The van der Waals surface area contributed by atoms with E-state index in [0.717, 1.165) is 44.5 Å². The van der Waals surface area contributed by atoms with E-state index in [1.54, 1.807) is 0 Å². The highest BCUT2D eigenvalue weighted by molar-refractivity contribution is 5.95. The van der Waals surface area contributed by atoms with Crippen molar-refractivity contribution in [2.24, 2.45) is 11.3 Å². The third-order valence-corrected chi connectivity index (χ3v) is 4.65. The van der Waals surface area contributed by atoms with Gasteiger partial charge >= 0.3 is 0 Å². The SMILES string of the molecule is CCCc1ccc(NC(=O)C(C)(C)C2CCCNC2)cc1. The summed E-state index contributed by atoms with van der Waals surface area (Å²) in [7, 11) is 0. The Labute approximate surface area is 128 Å². The Morgan fingerprint density at radius 2 is 2.05 bits per heavy atom. The third-order valence-electron chi connectivity index (χ3n) is 4.65. The number of carbonyl (C=O) groups is 1. The summed E-state index contributed by atoms with van der Waals surface area (Å²) < 4.78 is 0. The lowest BCUT2D eigenvalue weighted by Crippen LogP contribution is -2.44. The lowest BCUT2D eigenvalue weighted by atomic mass is 9.74. The molecule has 1 aromatic carbocycles. The summed E-state index contributed by atoms with van der Waals surface area (Å²) in [4.78, 5) is 12.6. The first-order chi connectivity index (χ1) is 10.0. The maximum absolute atomic E-state index is 12.6. The van der Waals surface area contributed by atoms with Gasteiger partial charge in [0.05, 0.1) is 0 Å². The maximum Gasteiger partial charge on any atom is 0.230 e. The highest BCUT2D eigenvalue weighted by Gasteiger charge is 2.37. The Balaban J connectivity index is 1.98. The van der Waals surface area contributed by atoms with Crippen molar-refractivity contribution >= 4 is 11.6 Å². The van der Waals surface area contributed by atoms with Crippen LogP contribution in [-0.4, -0.2) is 19.0 Å². The monoisotopic (exact) mass is 288 g/mol. The zero-order chi connectivity index (χ0) is 15.3. The Morgan fingerprint density at radius 3 is 2.62 bits per heavy atom. The van der Waals surface area contributed by atoms with Gasteiger partial charge in [-0.3, -0.25) is 4.79 Å². The fourth-order valence-electron chi connectivity index (χ4n) is 2.99. The summed E-state index contributed by atoms with van der Waals surface area (Å²) in [6, 6.07) is 8.23. The van der Waals surface area contributed by atoms with E-state index >= 15 is 0 Å². The minimum absolute atomic E-state index is 0.124. The van der Waals surface area contributed by atoms with Crippen LogP contribution in [0, 0.1) is 11.3 Å². The molecule has 116 valence electrons. The average molecular weight is 288 g/mol. The van der Waals surface area contributed by atoms with E-state index in [1.165, 1.54) is 5.56 Å². The highest BCUT2D eigenvalue weighted by atomic mass is 16.2. The fourth-order valence-corrected chi connectivity index (χ4v) is 2.99. The summed E-state index contributed by atoms with van der Waals surface area (Å²) in [6.07, 6.45) is 4.52. The molecule has 2 rings (SSSR count). The molecule has 1 amide bonds. The second-order valence-corrected chi connectivity index (χ2v) is 6.67. The largest absolute Gasteiger partial charge is 0.326 e. The predicted molar refractivity (Wildman–Crippen MR) is 88.4 cm³/mol. The fraction of sp³-hybridized carbons (Fsp3) is 0.611. The van der Waals surface area contributed by atoms with Crippen LogP contribution in [0.2, 0.25) is 0 Å². The number of hydrogen-bond donors (Lipinski definition) is 2. The Hall–Kier alpha value is -1.35. The number of hydrogen-bond acceptors (Lipinski definition) is 2. The van der Waals surface area contributed by atoms with Gasteiger partial charge in [0, 0.05) is 11.1 Å². The second-order valence-electron chi connectivity index (χ2n) is 6.67. The molecule has 1 atom stereocenters. The molecule has 1 heterocycles. The maximum atomic E-state index is 12.6. The van der Waals surface area contributed by atoms with Crippen molar-refractivity contribution in [2.45, 2.75) is 46.5 Å². The number of piperidine rings is 1. The first kappa shape index (κ1) is 16.0. The molecule has 0 aromatic heterocycles. The molecule has 0 aliphatic carbocycles. The van der Waals surface area contributed by atoms with Crippen LogP contribution in [0.25, 0.3) is 0 Å². The smallest absolute Gasteiger partial charge is 0.230 e. The number of aryl methyl sites for hydroxylation is 1. The van der Waals surface area contributed by atoms with E-state index in [4.69, 9.17) is 0 Å². The van der Waals surface area contributed by atoms with Gasteiger partial charge in [-0.2, -0.15) is 0 Å². The minimum atomic E-state index is -0.338. The number of nitrogens with one attached hydrogen (secondary N) is 2. The Morgan fingerprint density at radius 1 is 1.33 bits per heavy atom. The first-order valence-electron chi connectivity index (χ1n) is 8.15. The van der Waals surface area contributed by atoms with Crippen molar-refractivity contribution in [1.82, 2.24) is 5.32 Å². The molecule has 0 bridgehead atoms. The van der Waals surface area contributed by atoms with Gasteiger partial charge < -0.3 is 10.6 Å². The van der Waals surface area contributed by atoms with Crippen molar-refractivity contribution in [3.8, 4) is 0 Å². The van der Waals surface area contributed by atoms with E-state index in [1.807, 2.05) is 12.1 Å². The standard InChI is InChI=1S/C18H28N2O/c1-4-6-14-8-10-16(11-9-14)20-17(21)18(2,3)15-7-5-12-19-13-15/h8-11,15,19H,4-7,12-13H2,1-3H3,(H,20,21). The van der Waals surface area contributed by atoms with Gasteiger partial charge in [0.15, 0.2) is 0 Å². The molecule has 0 saturated carbocycles. The summed E-state index contributed by atoms with van der Waals surface area (Å²) in [5.41, 5.74) is 1.89. The van der Waals surface area contributed by atoms with Crippen molar-refractivity contribution in [3.05, 3.63) is 29.8 Å². The van der Waals surface area contributed by atoms with Crippen LogP contribution in [0.15, 0.2) is 24.3 Å². The van der Waals surface area contributed by atoms with Gasteiger partial charge in [0.2, 0.25) is 5.91 Å². The van der Waals surface area contributed by atoms with Crippen LogP contribution in [-0.2, 0) is 11.2 Å². The molecule has 3 nitrogen and oxygen atoms in total. The van der Waals surface area contributed by atoms with Gasteiger partial charge in [0.25, 0.3) is 0 Å². The first-order valence-corrected chi connectivity index (χ1v) is 8.15. The average Bonchev–Trinajstić information content (AvgIpc) is 2.50. The van der Waals surface area contributed by atoms with Crippen LogP contribution in [0.1, 0.15) is 45.6 Å². The molecule has 0 spiro atoms. The molecule has 1 aliphatic heterocycles. The number of benzene rings is 1. The van der Waals surface area contributed by atoms with Crippen LogP contribution in [0.5, 0.6) is 0 Å². The molecule has 0 radical (unpaired) electrons. The molecule has 1 fully saturated rings. The summed E-state index contributed by atoms with van der Waals surface area (Å²) in [5, 5.41) is 6.48. The van der Waals surface area contributed by atoms with Crippen LogP contribution >= 0.6 is 0 Å². The summed E-state index contributed by atoms with van der Waals surface area (Å²) in [5.74, 6) is 0.532. The van der Waals surface area contributed by atoms with Gasteiger partial charge in [-0.1, -0.05) is 39.3 Å². The van der Waals surface area contributed by atoms with E-state index in [2.05, 4.69) is 43.5 Å². The molecule has 3 heteroatoms. The van der Waals surface area contributed by atoms with Crippen molar-refractivity contribution in [1.29, 1.82) is 0 Å². The van der Waals surface area contributed by atoms with E-state index in [0.29, 0.717) is 5.92 Å². The van der Waals surface area contributed by atoms with Gasteiger partial charge in [-0.25, -0.2) is 0 Å². The number of rotatable bonds is 5. The minimum Gasteiger partial charge on any atom is -0.326 e. The van der Waals surface area contributed by atoms with E-state index in [-0.39, 0.29) is 11.3 Å². The van der Waals surface area contributed by atoms with Crippen LogP contribution in [0.4, 0.5) is 5.69 Å². The van der Waals surface area contributed by atoms with E-state index < -0.39 is 0 Å². The van der Waals surface area contributed by atoms with Gasteiger partial charge in [-0.05, 0) is 56.0 Å². The molecular weight excluding hydrogens is 260 g/mol. The predicted octanol–water partition coefficient (Wildman–Crippen LogP) is 3.60. The van der Waals surface area contributed by atoms with Crippen molar-refractivity contribution in [3.63, 3.8) is 0 Å². The lowest BCUT2D eigenvalue weighted by molar-refractivity contribution is -0.127. The molecule has 1 saturated heterocycles. The topological polar surface area (TPSA) is 41.1 Å². The van der Waals surface area contributed by atoms with Crippen molar-refractivity contribution < 1.29 is 4.79 Å². The number of anilines is 1. The molecule has 1 aromatic rings. The quantitative estimate of drug-likeness (QED) is 0.869. The van der Waals surface area contributed by atoms with Crippen LogP contribution < -0.4 is 10.6 Å². The Kier molecular flexibility index (Phi) is 5.40. The lowest BCUT2D eigenvalue weighted by Gasteiger charge is -2.36. The molecular formula is C18H28N2O. The normalized spacial score (nSPS) is 19.3. The third kappa shape index (κ3) is 4.07. The molecule has 2 N–H and O–H groups in total. The molecule has 1 unspecified atom stereocenters. The van der Waals surface area contributed by atoms with Crippen molar-refractivity contribution in [2.75, 3.05) is 18.4 Å². The van der Waals surface area contributed by atoms with E-state index in [9.17, 15) is 4.79 Å². The molecule has 21 heavy (non-hydrogen) atoms.